The Kier molecular flexibility index (Phi) is 3.47. The van der Waals surface area contributed by atoms with E-state index >= 15 is 0 Å². The molecule has 1 N–H and O–H groups in total. The quantitative estimate of drug-likeness (QED) is 0.719. The Balaban J connectivity index is 2.42. The van der Waals surface area contributed by atoms with E-state index < -0.39 is 12.7 Å². The van der Waals surface area contributed by atoms with Crippen LogP contribution in [0.3, 0.4) is 0 Å². The highest BCUT2D eigenvalue weighted by molar-refractivity contribution is 8.13. The number of halogens is 3. The van der Waals surface area contributed by atoms with Crippen molar-refractivity contribution in [3.8, 4) is 0 Å². The van der Waals surface area contributed by atoms with E-state index in [-0.39, 0.29) is 6.04 Å². The Hall–Kier alpha value is -0.390. The van der Waals surface area contributed by atoms with Crippen molar-refractivity contribution < 1.29 is 13.2 Å². The highest BCUT2D eigenvalue weighted by atomic mass is 32.2. The van der Waals surface area contributed by atoms with Crippen molar-refractivity contribution in [1.82, 2.24) is 5.32 Å². The zero-order chi connectivity index (χ0) is 9.90. The van der Waals surface area contributed by atoms with Gasteiger partial charge in [0.1, 0.15) is 6.54 Å². The Labute approximate surface area is 79.0 Å². The van der Waals surface area contributed by atoms with Crippen LogP contribution in [0.15, 0.2) is 4.99 Å². The molecule has 13 heavy (non-hydrogen) atoms. The molecule has 1 heterocycles. The zero-order valence-electron chi connectivity index (χ0n) is 7.19. The van der Waals surface area contributed by atoms with Gasteiger partial charge >= 0.3 is 6.18 Å². The molecule has 0 aromatic carbocycles. The van der Waals surface area contributed by atoms with Gasteiger partial charge in [-0.25, -0.2) is 0 Å². The number of hydrogen-bond donors (Lipinski definition) is 1. The molecule has 0 bridgehead atoms. The minimum atomic E-state index is -4.20. The summed E-state index contributed by atoms with van der Waals surface area (Å²) in [6.45, 7) is 0.845. The maximum atomic E-state index is 11.8. The SMILES string of the molecule is CC1CCSC(=NCC(F)(F)F)N1. The molecule has 76 valence electrons. The average molecular weight is 212 g/mol. The fourth-order valence-corrected chi connectivity index (χ4v) is 2.01. The summed E-state index contributed by atoms with van der Waals surface area (Å²) in [4.78, 5) is 3.45. The summed E-state index contributed by atoms with van der Waals surface area (Å²) in [6.07, 6.45) is -3.23. The summed E-state index contributed by atoms with van der Waals surface area (Å²) in [7, 11) is 0. The summed E-state index contributed by atoms with van der Waals surface area (Å²) in [5.74, 6) is 0.838. The molecule has 0 aromatic heterocycles. The molecule has 1 aliphatic heterocycles. The number of thioether (sulfide) groups is 1. The standard InChI is InChI=1S/C7H11F3N2S/c1-5-2-3-13-6(12-5)11-4-7(8,9)10/h5H,2-4H2,1H3,(H,11,12). The van der Waals surface area contributed by atoms with Crippen LogP contribution >= 0.6 is 11.8 Å². The zero-order valence-corrected chi connectivity index (χ0v) is 8.00. The van der Waals surface area contributed by atoms with E-state index in [1.165, 1.54) is 11.8 Å². The van der Waals surface area contributed by atoms with Crippen LogP contribution in [0.5, 0.6) is 0 Å². The van der Waals surface area contributed by atoms with Gasteiger partial charge in [0.25, 0.3) is 0 Å². The van der Waals surface area contributed by atoms with Crippen LogP contribution < -0.4 is 5.32 Å². The van der Waals surface area contributed by atoms with E-state index in [1.54, 1.807) is 0 Å². The smallest absolute Gasteiger partial charge is 0.362 e. The minimum Gasteiger partial charge on any atom is -0.362 e. The lowest BCUT2D eigenvalue weighted by atomic mass is 10.3. The molecule has 0 aromatic rings. The van der Waals surface area contributed by atoms with Crippen LogP contribution in [-0.4, -0.2) is 29.7 Å². The van der Waals surface area contributed by atoms with Gasteiger partial charge in [0, 0.05) is 11.8 Å². The van der Waals surface area contributed by atoms with Crippen LogP contribution in [0.2, 0.25) is 0 Å². The fraction of sp³-hybridized carbons (Fsp3) is 0.857. The second kappa shape index (κ2) is 4.21. The summed E-state index contributed by atoms with van der Waals surface area (Å²) in [5.41, 5.74) is 0. The van der Waals surface area contributed by atoms with Gasteiger partial charge in [-0.2, -0.15) is 13.2 Å². The van der Waals surface area contributed by atoms with E-state index in [1.807, 2.05) is 6.92 Å². The molecule has 1 atom stereocenters. The maximum absolute atomic E-state index is 11.8. The summed E-state index contributed by atoms with van der Waals surface area (Å²) < 4.78 is 35.3. The van der Waals surface area contributed by atoms with E-state index in [9.17, 15) is 13.2 Å². The average Bonchev–Trinajstić information content (AvgIpc) is 2.00. The van der Waals surface area contributed by atoms with Gasteiger partial charge in [0.05, 0.1) is 0 Å². The third-order valence-electron chi connectivity index (χ3n) is 1.56. The lowest BCUT2D eigenvalue weighted by molar-refractivity contribution is -0.118. The highest BCUT2D eigenvalue weighted by Crippen LogP contribution is 2.18. The predicted octanol–water partition coefficient (Wildman–Crippen LogP) is 2.02. The highest BCUT2D eigenvalue weighted by Gasteiger charge is 2.27. The van der Waals surface area contributed by atoms with Crippen molar-refractivity contribution in [2.45, 2.75) is 25.6 Å². The number of aliphatic imine (C=N–C) groups is 1. The first-order chi connectivity index (χ1) is 5.97. The van der Waals surface area contributed by atoms with Crippen molar-refractivity contribution in [3.05, 3.63) is 0 Å². The number of amidine groups is 1. The molecule has 1 unspecified atom stereocenters. The Morgan fingerprint density at radius 2 is 2.31 bits per heavy atom. The predicted molar refractivity (Wildman–Crippen MR) is 48.0 cm³/mol. The van der Waals surface area contributed by atoms with Gasteiger partial charge in [-0.1, -0.05) is 11.8 Å². The van der Waals surface area contributed by atoms with Crippen molar-refractivity contribution >= 4 is 16.9 Å². The number of nitrogens with one attached hydrogen (secondary N) is 1. The molecular weight excluding hydrogens is 201 g/mol. The third-order valence-corrected chi connectivity index (χ3v) is 2.52. The molecule has 0 aliphatic carbocycles. The summed E-state index contributed by atoms with van der Waals surface area (Å²) in [5, 5.41) is 3.31. The van der Waals surface area contributed by atoms with Crippen LogP contribution in [0.25, 0.3) is 0 Å². The van der Waals surface area contributed by atoms with E-state index in [0.717, 1.165) is 12.2 Å². The second-order valence-electron chi connectivity index (χ2n) is 2.92. The van der Waals surface area contributed by atoms with E-state index in [4.69, 9.17) is 0 Å². The molecule has 0 spiro atoms. The molecule has 2 nitrogen and oxygen atoms in total. The number of nitrogens with zero attached hydrogens (tertiary/aromatic N) is 1. The Bertz CT molecular complexity index is 202. The molecule has 0 saturated carbocycles. The van der Waals surface area contributed by atoms with Crippen LogP contribution in [-0.2, 0) is 0 Å². The summed E-state index contributed by atoms with van der Waals surface area (Å²) >= 11 is 1.35. The topological polar surface area (TPSA) is 24.4 Å². The van der Waals surface area contributed by atoms with Gasteiger partial charge in [0.15, 0.2) is 5.17 Å². The molecule has 1 rings (SSSR count). The first-order valence-corrected chi connectivity index (χ1v) is 4.96. The number of alkyl halides is 3. The Morgan fingerprint density at radius 1 is 1.62 bits per heavy atom. The largest absolute Gasteiger partial charge is 0.408 e. The molecule has 6 heteroatoms. The van der Waals surface area contributed by atoms with Gasteiger partial charge in [0.2, 0.25) is 0 Å². The molecule has 0 radical (unpaired) electrons. The van der Waals surface area contributed by atoms with Gasteiger partial charge in [-0.15, -0.1) is 0 Å². The molecule has 1 aliphatic rings. The van der Waals surface area contributed by atoms with E-state index in [2.05, 4.69) is 10.3 Å². The van der Waals surface area contributed by atoms with Crippen molar-refractivity contribution in [3.63, 3.8) is 0 Å². The summed E-state index contributed by atoms with van der Waals surface area (Å²) in [6, 6.07) is 0.230. The van der Waals surface area contributed by atoms with Crippen LogP contribution in [0, 0.1) is 0 Å². The lowest BCUT2D eigenvalue weighted by Gasteiger charge is -2.21. The van der Waals surface area contributed by atoms with Gasteiger partial charge in [-0.05, 0) is 13.3 Å². The molecule has 0 amide bonds. The monoisotopic (exact) mass is 212 g/mol. The minimum absolute atomic E-state index is 0.230. The van der Waals surface area contributed by atoms with Gasteiger partial charge in [-0.3, -0.25) is 4.99 Å². The van der Waals surface area contributed by atoms with Crippen LogP contribution in [0.4, 0.5) is 13.2 Å². The van der Waals surface area contributed by atoms with Gasteiger partial charge < -0.3 is 5.32 Å². The number of hydrogen-bond acceptors (Lipinski definition) is 2. The van der Waals surface area contributed by atoms with E-state index in [0.29, 0.717) is 5.17 Å². The third kappa shape index (κ3) is 4.40. The van der Waals surface area contributed by atoms with Crippen molar-refractivity contribution in [2.24, 2.45) is 4.99 Å². The van der Waals surface area contributed by atoms with Crippen LogP contribution in [0.1, 0.15) is 13.3 Å². The molecule has 1 saturated heterocycles. The first-order valence-electron chi connectivity index (χ1n) is 3.98. The molecule has 1 fully saturated rings. The fourth-order valence-electron chi connectivity index (χ4n) is 0.910. The maximum Gasteiger partial charge on any atom is 0.408 e. The first kappa shape index (κ1) is 10.7. The second-order valence-corrected chi connectivity index (χ2v) is 4.00. The molecular formula is C7H11F3N2S. The lowest BCUT2D eigenvalue weighted by Crippen LogP contribution is -2.36. The normalized spacial score (nSPS) is 27.4. The van der Waals surface area contributed by atoms with Crippen molar-refractivity contribution in [2.75, 3.05) is 12.3 Å². The number of rotatable bonds is 1. The Morgan fingerprint density at radius 3 is 2.85 bits per heavy atom. The van der Waals surface area contributed by atoms with Crippen molar-refractivity contribution in [1.29, 1.82) is 0 Å².